The Morgan fingerprint density at radius 3 is 2.95 bits per heavy atom. The van der Waals surface area contributed by atoms with Crippen LogP contribution in [0.3, 0.4) is 0 Å². The number of nitrogens with one attached hydrogen (secondary N) is 2. The van der Waals surface area contributed by atoms with E-state index >= 15 is 0 Å². The van der Waals surface area contributed by atoms with Gasteiger partial charge in [0.25, 0.3) is 0 Å². The molecule has 2 N–H and O–H groups in total. The van der Waals surface area contributed by atoms with Crippen LogP contribution in [0.25, 0.3) is 0 Å². The Labute approximate surface area is 111 Å². The summed E-state index contributed by atoms with van der Waals surface area (Å²) >= 11 is 0. The zero-order valence-electron chi connectivity index (χ0n) is 10.7. The van der Waals surface area contributed by atoms with Crippen molar-refractivity contribution in [3.05, 3.63) is 24.3 Å². The summed E-state index contributed by atoms with van der Waals surface area (Å²) in [6, 6.07) is 3.15. The summed E-state index contributed by atoms with van der Waals surface area (Å²) in [4.78, 5) is 15.7. The lowest BCUT2D eigenvalue weighted by molar-refractivity contribution is -0.117. The Bertz CT molecular complexity index is 448. The van der Waals surface area contributed by atoms with Crippen molar-refractivity contribution in [1.29, 1.82) is 0 Å². The van der Waals surface area contributed by atoms with Crippen LogP contribution in [0.4, 0.5) is 10.1 Å². The summed E-state index contributed by atoms with van der Waals surface area (Å²) in [6.07, 6.45) is 7.18. The van der Waals surface area contributed by atoms with E-state index in [0.29, 0.717) is 17.6 Å². The average Bonchev–Trinajstić information content (AvgIpc) is 2.85. The lowest BCUT2D eigenvalue weighted by Crippen LogP contribution is -2.39. The van der Waals surface area contributed by atoms with Gasteiger partial charge in [-0.1, -0.05) is 12.8 Å². The maximum absolute atomic E-state index is 12.7. The van der Waals surface area contributed by atoms with Gasteiger partial charge < -0.3 is 10.6 Å². The molecule has 2 aliphatic rings. The van der Waals surface area contributed by atoms with Crippen molar-refractivity contribution >= 4 is 11.6 Å². The second-order valence-corrected chi connectivity index (χ2v) is 5.46. The van der Waals surface area contributed by atoms with E-state index in [1.54, 1.807) is 0 Å². The largest absolute Gasteiger partial charge is 0.323 e. The molecule has 4 nitrogen and oxygen atoms in total. The van der Waals surface area contributed by atoms with Gasteiger partial charge in [0.05, 0.1) is 17.9 Å². The second-order valence-electron chi connectivity index (χ2n) is 5.46. The van der Waals surface area contributed by atoms with Crippen molar-refractivity contribution in [2.75, 3.05) is 5.32 Å². The Morgan fingerprint density at radius 2 is 2.21 bits per heavy atom. The van der Waals surface area contributed by atoms with Gasteiger partial charge in [0, 0.05) is 6.04 Å². The number of carbonyl (C=O) groups excluding carboxylic acids is 1. The summed E-state index contributed by atoms with van der Waals surface area (Å²) < 4.78 is 12.7. The molecule has 0 radical (unpaired) electrons. The van der Waals surface area contributed by atoms with Gasteiger partial charge in [-0.25, -0.2) is 4.98 Å². The summed E-state index contributed by atoms with van der Waals surface area (Å²) in [7, 11) is 0. The van der Waals surface area contributed by atoms with Gasteiger partial charge in [0.1, 0.15) is 0 Å². The number of nitrogens with zero attached hydrogens (tertiary/aromatic N) is 1. The van der Waals surface area contributed by atoms with Crippen LogP contribution in [0.5, 0.6) is 0 Å². The molecule has 1 aromatic heterocycles. The monoisotopic (exact) mass is 263 g/mol. The van der Waals surface area contributed by atoms with Crippen LogP contribution in [0.1, 0.15) is 32.1 Å². The summed E-state index contributed by atoms with van der Waals surface area (Å²) in [5, 5.41) is 6.21. The van der Waals surface area contributed by atoms with Gasteiger partial charge in [0.2, 0.25) is 11.9 Å². The highest BCUT2D eigenvalue weighted by Gasteiger charge is 2.38. The molecule has 5 heteroatoms. The molecule has 2 fully saturated rings. The van der Waals surface area contributed by atoms with Gasteiger partial charge >= 0.3 is 0 Å². The summed E-state index contributed by atoms with van der Waals surface area (Å²) in [5.74, 6) is 0.0571. The van der Waals surface area contributed by atoms with E-state index in [-0.39, 0.29) is 11.9 Å². The predicted octanol–water partition coefficient (Wildman–Crippen LogP) is 2.08. The fourth-order valence-electron chi connectivity index (χ4n) is 3.20. The maximum atomic E-state index is 12.7. The van der Waals surface area contributed by atoms with E-state index < -0.39 is 5.95 Å². The Kier molecular flexibility index (Phi) is 3.46. The molecule has 1 aliphatic carbocycles. The number of hydrogen-bond acceptors (Lipinski definition) is 3. The fourth-order valence-corrected chi connectivity index (χ4v) is 3.20. The molecular formula is C14H18FN3O. The minimum atomic E-state index is -0.539. The van der Waals surface area contributed by atoms with Crippen LogP contribution in [-0.4, -0.2) is 23.0 Å². The van der Waals surface area contributed by atoms with E-state index in [9.17, 15) is 9.18 Å². The van der Waals surface area contributed by atoms with E-state index in [2.05, 4.69) is 15.6 Å². The molecule has 2 heterocycles. The minimum absolute atomic E-state index is 0.0391. The summed E-state index contributed by atoms with van der Waals surface area (Å²) in [6.45, 7) is 0. The first-order valence-electron chi connectivity index (χ1n) is 6.91. The highest BCUT2D eigenvalue weighted by molar-refractivity contribution is 5.94. The first-order chi connectivity index (χ1) is 9.22. The molecular weight excluding hydrogens is 245 g/mol. The molecule has 1 saturated carbocycles. The average molecular weight is 263 g/mol. The molecule has 1 amide bonds. The van der Waals surface area contributed by atoms with Gasteiger partial charge in [-0.2, -0.15) is 4.39 Å². The van der Waals surface area contributed by atoms with Gasteiger partial charge in [0.15, 0.2) is 0 Å². The van der Waals surface area contributed by atoms with Gasteiger partial charge in [-0.05, 0) is 37.3 Å². The lowest BCUT2D eigenvalue weighted by atomic mass is 9.85. The number of carbonyl (C=O) groups is 1. The third-order valence-electron chi connectivity index (χ3n) is 4.17. The van der Waals surface area contributed by atoms with Gasteiger partial charge in [-0.15, -0.1) is 0 Å². The third kappa shape index (κ3) is 2.76. The van der Waals surface area contributed by atoms with Crippen LogP contribution in [0.2, 0.25) is 0 Å². The van der Waals surface area contributed by atoms with Crippen molar-refractivity contribution in [2.24, 2.45) is 5.92 Å². The van der Waals surface area contributed by atoms with Gasteiger partial charge in [-0.3, -0.25) is 4.79 Å². The van der Waals surface area contributed by atoms with E-state index in [1.807, 2.05) is 0 Å². The van der Waals surface area contributed by atoms with Crippen LogP contribution in [0, 0.1) is 11.9 Å². The molecule has 1 aromatic rings. The number of aromatic nitrogens is 1. The third-order valence-corrected chi connectivity index (χ3v) is 4.17. The van der Waals surface area contributed by atoms with E-state index in [0.717, 1.165) is 6.42 Å². The zero-order valence-corrected chi connectivity index (χ0v) is 10.7. The van der Waals surface area contributed by atoms with Crippen molar-refractivity contribution in [1.82, 2.24) is 10.3 Å². The highest BCUT2D eigenvalue weighted by atomic mass is 19.1. The molecule has 102 valence electrons. The summed E-state index contributed by atoms with van der Waals surface area (Å²) in [5.41, 5.74) is 0.545. The number of pyridine rings is 1. The molecule has 3 rings (SSSR count). The highest BCUT2D eigenvalue weighted by Crippen LogP contribution is 2.33. The SMILES string of the molecule is O=C(Nc1ccc(F)nc1)C1CC2CCCCC2N1. The molecule has 1 aliphatic heterocycles. The standard InChI is InChI=1S/C14H18FN3O/c15-13-6-5-10(8-16-13)17-14(19)12-7-9-3-1-2-4-11(9)18-12/h5-6,8-9,11-12,18H,1-4,7H2,(H,17,19). The Balaban J connectivity index is 1.60. The first-order valence-corrected chi connectivity index (χ1v) is 6.91. The lowest BCUT2D eigenvalue weighted by Gasteiger charge is -2.24. The molecule has 0 bridgehead atoms. The Morgan fingerprint density at radius 1 is 1.37 bits per heavy atom. The molecule has 1 saturated heterocycles. The number of fused-ring (bicyclic) bond motifs is 1. The van der Waals surface area contributed by atoms with Crippen molar-refractivity contribution < 1.29 is 9.18 Å². The van der Waals surface area contributed by atoms with Crippen molar-refractivity contribution in [3.63, 3.8) is 0 Å². The predicted molar refractivity (Wildman–Crippen MR) is 70.1 cm³/mol. The van der Waals surface area contributed by atoms with Crippen molar-refractivity contribution in [3.8, 4) is 0 Å². The first kappa shape index (κ1) is 12.5. The fraction of sp³-hybridized carbons (Fsp3) is 0.571. The number of halogens is 1. The number of rotatable bonds is 2. The second kappa shape index (κ2) is 5.25. The topological polar surface area (TPSA) is 54.0 Å². The number of anilines is 1. The van der Waals surface area contributed by atoms with Crippen molar-refractivity contribution in [2.45, 2.75) is 44.2 Å². The normalized spacial score (nSPS) is 29.8. The van der Waals surface area contributed by atoms with Crippen LogP contribution >= 0.6 is 0 Å². The molecule has 0 aromatic carbocycles. The van der Waals surface area contributed by atoms with Crippen LogP contribution in [0.15, 0.2) is 18.3 Å². The quantitative estimate of drug-likeness (QED) is 0.803. The minimum Gasteiger partial charge on any atom is -0.323 e. The number of amides is 1. The van der Waals surface area contributed by atoms with E-state index in [4.69, 9.17) is 0 Å². The van der Waals surface area contributed by atoms with E-state index in [1.165, 1.54) is 44.0 Å². The zero-order chi connectivity index (χ0) is 13.2. The molecule has 0 spiro atoms. The van der Waals surface area contributed by atoms with Crippen LogP contribution in [-0.2, 0) is 4.79 Å². The maximum Gasteiger partial charge on any atom is 0.241 e. The van der Waals surface area contributed by atoms with Crippen LogP contribution < -0.4 is 10.6 Å². The molecule has 3 unspecified atom stereocenters. The number of hydrogen-bond donors (Lipinski definition) is 2. The molecule has 19 heavy (non-hydrogen) atoms. The smallest absolute Gasteiger partial charge is 0.241 e. The Hall–Kier alpha value is -1.49. The molecule has 3 atom stereocenters.